The molecular weight excluding hydrogens is 382 g/mol. The third kappa shape index (κ3) is 3.87. The molecule has 1 aliphatic rings. The van der Waals surface area contributed by atoms with E-state index < -0.39 is 16.1 Å². The van der Waals surface area contributed by atoms with Crippen molar-refractivity contribution in [3.63, 3.8) is 0 Å². The quantitative estimate of drug-likeness (QED) is 0.631. The summed E-state index contributed by atoms with van der Waals surface area (Å²) in [7, 11) is -3.95. The van der Waals surface area contributed by atoms with E-state index in [2.05, 4.69) is 0 Å². The van der Waals surface area contributed by atoms with Gasteiger partial charge in [-0.15, -0.1) is 0 Å². The summed E-state index contributed by atoms with van der Waals surface area (Å²) in [6.45, 7) is 0. The molecule has 1 fully saturated rings. The molecule has 29 heavy (non-hydrogen) atoms. The predicted molar refractivity (Wildman–Crippen MR) is 114 cm³/mol. The van der Waals surface area contributed by atoms with Crippen LogP contribution in [0, 0.1) is 0 Å². The lowest BCUT2D eigenvalue weighted by molar-refractivity contribution is -0.124. The van der Waals surface area contributed by atoms with E-state index in [-0.39, 0.29) is 23.1 Å². The van der Waals surface area contributed by atoms with Gasteiger partial charge < -0.3 is 0 Å². The molecule has 4 nitrogen and oxygen atoms in total. The fourth-order valence-electron chi connectivity index (χ4n) is 3.73. The van der Waals surface area contributed by atoms with E-state index in [4.69, 9.17) is 0 Å². The highest BCUT2D eigenvalue weighted by molar-refractivity contribution is 7.89. The third-order valence-corrected chi connectivity index (χ3v) is 6.97. The first-order chi connectivity index (χ1) is 14.1. The number of carbonyl (C=O) groups is 1. The van der Waals surface area contributed by atoms with Gasteiger partial charge in [-0.3, -0.25) is 4.79 Å². The minimum atomic E-state index is -3.95. The Labute approximate surface area is 171 Å². The van der Waals surface area contributed by atoms with Crippen LogP contribution in [0.15, 0.2) is 102 Å². The van der Waals surface area contributed by atoms with Crippen LogP contribution >= 0.6 is 0 Å². The van der Waals surface area contributed by atoms with E-state index in [1.807, 2.05) is 72.8 Å². The number of hydrogen-bond acceptors (Lipinski definition) is 3. The topological polar surface area (TPSA) is 54.5 Å². The fraction of sp³-hybridized carbons (Fsp3) is 0.125. The normalized spacial score (nSPS) is 19.7. The molecule has 1 heterocycles. The van der Waals surface area contributed by atoms with Crippen molar-refractivity contribution in [3.05, 3.63) is 108 Å². The summed E-state index contributed by atoms with van der Waals surface area (Å²) >= 11 is 0. The maximum absolute atomic E-state index is 13.3. The highest BCUT2D eigenvalue weighted by Gasteiger charge is 2.45. The molecule has 0 spiro atoms. The first kappa shape index (κ1) is 19.2. The average molecular weight is 404 g/mol. The fourth-order valence-corrected chi connectivity index (χ4v) is 5.34. The number of rotatable bonds is 5. The van der Waals surface area contributed by atoms with Crippen molar-refractivity contribution in [2.75, 3.05) is 0 Å². The Bertz CT molecular complexity index is 1110. The molecule has 0 radical (unpaired) electrons. The van der Waals surface area contributed by atoms with Crippen LogP contribution in [-0.4, -0.2) is 24.7 Å². The molecule has 0 N–H and O–H groups in total. The summed E-state index contributed by atoms with van der Waals surface area (Å²) in [6, 6.07) is 26.8. The molecule has 1 saturated heterocycles. The smallest absolute Gasteiger partial charge is 0.267 e. The number of hydrogen-bond donors (Lipinski definition) is 0. The molecule has 4 rings (SSSR count). The van der Waals surface area contributed by atoms with Gasteiger partial charge in [-0.2, -0.15) is 0 Å². The summed E-state index contributed by atoms with van der Waals surface area (Å²) in [5, 5.41) is 0. The second kappa shape index (κ2) is 8.05. The third-order valence-electron chi connectivity index (χ3n) is 5.14. The Hall–Kier alpha value is -3.18. The minimum Gasteiger partial charge on any atom is -0.274 e. The van der Waals surface area contributed by atoms with Gasteiger partial charge in [0, 0.05) is 12.3 Å². The highest BCUT2D eigenvalue weighted by atomic mass is 32.2. The van der Waals surface area contributed by atoms with Gasteiger partial charge in [0.15, 0.2) is 0 Å². The largest absolute Gasteiger partial charge is 0.274 e. The summed E-state index contributed by atoms with van der Waals surface area (Å²) in [4.78, 5) is 13.0. The molecule has 1 aliphatic heterocycles. The van der Waals surface area contributed by atoms with Crippen LogP contribution in [-0.2, 0) is 14.8 Å². The van der Waals surface area contributed by atoms with Crippen LogP contribution in [0.3, 0.4) is 0 Å². The second-order valence-corrected chi connectivity index (χ2v) is 8.80. The lowest BCUT2D eigenvalue weighted by Gasteiger charge is -2.25. The van der Waals surface area contributed by atoms with Crippen molar-refractivity contribution < 1.29 is 13.2 Å². The van der Waals surface area contributed by atoms with Crippen molar-refractivity contribution >= 4 is 22.0 Å². The maximum Gasteiger partial charge on any atom is 0.267 e. The van der Waals surface area contributed by atoms with E-state index in [9.17, 15) is 13.2 Å². The van der Waals surface area contributed by atoms with Gasteiger partial charge in [-0.25, -0.2) is 12.7 Å². The second-order valence-electron chi connectivity index (χ2n) is 6.99. The van der Waals surface area contributed by atoms with Gasteiger partial charge >= 0.3 is 0 Å². The molecule has 0 bridgehead atoms. The Balaban J connectivity index is 1.78. The van der Waals surface area contributed by atoms with Crippen molar-refractivity contribution in [2.45, 2.75) is 23.3 Å². The zero-order valence-electron chi connectivity index (χ0n) is 15.8. The van der Waals surface area contributed by atoms with Gasteiger partial charge in [-0.05, 0) is 23.3 Å². The van der Waals surface area contributed by atoms with Crippen LogP contribution in [0.2, 0.25) is 0 Å². The molecule has 0 unspecified atom stereocenters. The van der Waals surface area contributed by atoms with Crippen LogP contribution in [0.4, 0.5) is 0 Å². The zero-order chi connectivity index (χ0) is 20.3. The Kier molecular flexibility index (Phi) is 5.32. The molecule has 2 atom stereocenters. The van der Waals surface area contributed by atoms with E-state index in [1.54, 1.807) is 18.2 Å². The van der Waals surface area contributed by atoms with Gasteiger partial charge in [0.05, 0.1) is 10.9 Å². The standard InChI is InChI=1S/C24H21NO3S/c26-24-18-22(20-12-6-2-7-13-20)23(17-16-19-10-4-1-5-11-19)25(24)29(27,28)21-14-8-3-9-15-21/h1-17,22-23H,18H2/b17-16+/t22-,23+/m1/s1. The average Bonchev–Trinajstić information content (AvgIpc) is 3.11. The Morgan fingerprint density at radius 3 is 1.97 bits per heavy atom. The van der Waals surface area contributed by atoms with Gasteiger partial charge in [0.25, 0.3) is 10.0 Å². The first-order valence-electron chi connectivity index (χ1n) is 9.48. The highest BCUT2D eigenvalue weighted by Crippen LogP contribution is 2.38. The molecule has 0 aliphatic carbocycles. The van der Waals surface area contributed by atoms with Crippen molar-refractivity contribution in [1.82, 2.24) is 4.31 Å². The Morgan fingerprint density at radius 1 is 0.793 bits per heavy atom. The summed E-state index contributed by atoms with van der Waals surface area (Å²) < 4.78 is 27.7. The van der Waals surface area contributed by atoms with E-state index in [0.29, 0.717) is 0 Å². The zero-order valence-corrected chi connectivity index (χ0v) is 16.6. The molecule has 5 heteroatoms. The van der Waals surface area contributed by atoms with Crippen LogP contribution in [0.5, 0.6) is 0 Å². The van der Waals surface area contributed by atoms with Gasteiger partial charge in [0.1, 0.15) is 0 Å². The predicted octanol–water partition coefficient (Wildman–Crippen LogP) is 4.47. The number of benzene rings is 3. The lowest BCUT2D eigenvalue weighted by atomic mass is 9.91. The molecule has 0 aromatic heterocycles. The molecule has 1 amide bonds. The van der Waals surface area contributed by atoms with Crippen LogP contribution in [0.1, 0.15) is 23.5 Å². The molecular formula is C24H21NO3S. The lowest BCUT2D eigenvalue weighted by Crippen LogP contribution is -2.38. The number of nitrogens with zero attached hydrogens (tertiary/aromatic N) is 1. The molecule has 0 saturated carbocycles. The SMILES string of the molecule is O=C1C[C@H](c2ccccc2)[C@H](/C=C/c2ccccc2)N1S(=O)(=O)c1ccccc1. The van der Waals surface area contributed by atoms with E-state index >= 15 is 0 Å². The monoisotopic (exact) mass is 403 g/mol. The van der Waals surface area contributed by atoms with Gasteiger partial charge in [0.2, 0.25) is 5.91 Å². The molecule has 3 aromatic carbocycles. The number of sulfonamides is 1. The Morgan fingerprint density at radius 2 is 1.34 bits per heavy atom. The number of carbonyl (C=O) groups excluding carboxylic acids is 1. The summed E-state index contributed by atoms with van der Waals surface area (Å²) in [5.41, 5.74) is 1.91. The maximum atomic E-state index is 13.3. The number of amides is 1. The van der Waals surface area contributed by atoms with Crippen molar-refractivity contribution in [3.8, 4) is 0 Å². The molecule has 3 aromatic rings. The van der Waals surface area contributed by atoms with E-state index in [0.717, 1.165) is 15.4 Å². The van der Waals surface area contributed by atoms with Crippen LogP contribution in [0.25, 0.3) is 6.08 Å². The van der Waals surface area contributed by atoms with Gasteiger partial charge in [-0.1, -0.05) is 91.0 Å². The summed E-state index contributed by atoms with van der Waals surface area (Å²) in [6.07, 6.45) is 3.87. The summed E-state index contributed by atoms with van der Waals surface area (Å²) in [5.74, 6) is -0.618. The van der Waals surface area contributed by atoms with Crippen molar-refractivity contribution in [2.24, 2.45) is 0 Å². The van der Waals surface area contributed by atoms with Crippen molar-refractivity contribution in [1.29, 1.82) is 0 Å². The van der Waals surface area contributed by atoms with E-state index in [1.165, 1.54) is 12.1 Å². The van der Waals surface area contributed by atoms with Crippen LogP contribution < -0.4 is 0 Å². The minimum absolute atomic E-state index is 0.125. The molecule has 146 valence electrons. The first-order valence-corrected chi connectivity index (χ1v) is 10.9.